The first kappa shape index (κ1) is 24.8. The van der Waals surface area contributed by atoms with Crippen molar-refractivity contribution in [1.29, 1.82) is 0 Å². The molecular weight excluding hydrogens is 492 g/mol. The molecule has 1 heterocycles. The van der Waals surface area contributed by atoms with E-state index >= 15 is 0 Å². The van der Waals surface area contributed by atoms with Gasteiger partial charge in [0.1, 0.15) is 31.8 Å². The first-order chi connectivity index (χ1) is 19.6. The van der Waals surface area contributed by atoms with E-state index in [9.17, 15) is 0 Å². The van der Waals surface area contributed by atoms with E-state index in [2.05, 4.69) is 98.8 Å². The lowest BCUT2D eigenvalue weighted by Gasteiger charge is -2.25. The number of ether oxygens (including phenoxy) is 3. The van der Waals surface area contributed by atoms with Crippen molar-refractivity contribution < 1.29 is 14.2 Å². The fourth-order valence-electron chi connectivity index (χ4n) is 6.22. The van der Waals surface area contributed by atoms with Crippen LogP contribution in [0, 0.1) is 13.8 Å². The van der Waals surface area contributed by atoms with Gasteiger partial charge in [-0.15, -0.1) is 0 Å². The van der Waals surface area contributed by atoms with Crippen molar-refractivity contribution >= 4 is 34.6 Å². The van der Waals surface area contributed by atoms with Crippen molar-refractivity contribution in [3.05, 3.63) is 122 Å². The van der Waals surface area contributed by atoms with Crippen molar-refractivity contribution in [1.82, 2.24) is 0 Å². The van der Waals surface area contributed by atoms with Gasteiger partial charge in [-0.25, -0.2) is 0 Å². The summed E-state index contributed by atoms with van der Waals surface area (Å²) in [5.41, 5.74) is 6.28. The van der Waals surface area contributed by atoms with Crippen molar-refractivity contribution in [3.8, 4) is 5.75 Å². The second-order valence-electron chi connectivity index (χ2n) is 11.1. The second kappa shape index (κ2) is 10.4. The molecule has 1 aliphatic heterocycles. The van der Waals surface area contributed by atoms with Gasteiger partial charge >= 0.3 is 0 Å². The normalized spacial score (nSPS) is 17.7. The molecule has 0 radical (unpaired) electrons. The number of rotatable bonds is 5. The van der Waals surface area contributed by atoms with Crippen LogP contribution in [0.5, 0.6) is 5.75 Å². The Morgan fingerprint density at radius 3 is 2.45 bits per heavy atom. The topological polar surface area (TPSA) is 27.7 Å². The van der Waals surface area contributed by atoms with Gasteiger partial charge in [-0.05, 0) is 99.1 Å². The quantitative estimate of drug-likeness (QED) is 0.349. The summed E-state index contributed by atoms with van der Waals surface area (Å²) in [4.78, 5) is 0. The van der Waals surface area contributed by atoms with Gasteiger partial charge in [0, 0.05) is 11.5 Å². The fourth-order valence-corrected chi connectivity index (χ4v) is 6.22. The Labute approximate surface area is 235 Å². The minimum Gasteiger partial charge on any atom is -0.494 e. The van der Waals surface area contributed by atoms with Gasteiger partial charge in [-0.3, -0.25) is 0 Å². The number of aryl methyl sites for hydroxylation is 2. The minimum absolute atomic E-state index is 0.222. The summed E-state index contributed by atoms with van der Waals surface area (Å²) in [6.07, 6.45) is 12.1. The largest absolute Gasteiger partial charge is 0.494 e. The van der Waals surface area contributed by atoms with E-state index in [4.69, 9.17) is 14.2 Å². The third-order valence-corrected chi connectivity index (χ3v) is 8.55. The van der Waals surface area contributed by atoms with E-state index in [0.717, 1.165) is 30.8 Å². The van der Waals surface area contributed by atoms with Crippen LogP contribution in [0.3, 0.4) is 0 Å². The summed E-state index contributed by atoms with van der Waals surface area (Å²) in [7, 11) is 0. The van der Waals surface area contributed by atoms with Crippen LogP contribution >= 0.6 is 0 Å². The first-order valence-corrected chi connectivity index (χ1v) is 14.3. The average molecular weight is 527 g/mol. The van der Waals surface area contributed by atoms with E-state index in [1.54, 1.807) is 6.26 Å². The molecule has 0 bridgehead atoms. The highest BCUT2D eigenvalue weighted by atomic mass is 16.6. The molecule has 200 valence electrons. The van der Waals surface area contributed by atoms with E-state index < -0.39 is 0 Å². The molecule has 0 saturated heterocycles. The average Bonchev–Trinajstić information content (AvgIpc) is 3.01. The highest BCUT2D eigenvalue weighted by molar-refractivity contribution is 5.87. The van der Waals surface area contributed by atoms with Gasteiger partial charge in [0.05, 0.1) is 0 Å². The lowest BCUT2D eigenvalue weighted by molar-refractivity contribution is 0.0931. The third-order valence-electron chi connectivity index (χ3n) is 8.55. The lowest BCUT2D eigenvalue weighted by atomic mass is 9.84. The number of benzene rings is 4. The second-order valence-corrected chi connectivity index (χ2v) is 11.1. The van der Waals surface area contributed by atoms with E-state index in [1.807, 2.05) is 0 Å². The molecule has 7 rings (SSSR count). The molecule has 4 aromatic rings. The highest BCUT2D eigenvalue weighted by Crippen LogP contribution is 2.33. The smallest absolute Gasteiger partial charge is 0.157 e. The highest BCUT2D eigenvalue weighted by Gasteiger charge is 2.22. The Kier molecular flexibility index (Phi) is 6.43. The van der Waals surface area contributed by atoms with Crippen LogP contribution in [0.2, 0.25) is 0 Å². The summed E-state index contributed by atoms with van der Waals surface area (Å²) < 4.78 is 18.0. The monoisotopic (exact) mass is 526 g/mol. The molecular formula is C37H34O3. The minimum atomic E-state index is 0.222. The molecule has 40 heavy (non-hydrogen) atoms. The SMILES string of the molecule is Cc1ccc(COc2ccc([C@@H]3C=c4c(ccc5c6c(ccc45)=CCCC=6)=C(C4=COCCO4)C3)cc2)cc1C. The summed E-state index contributed by atoms with van der Waals surface area (Å²) in [5.74, 6) is 1.97. The predicted molar refractivity (Wildman–Crippen MR) is 163 cm³/mol. The molecule has 0 amide bonds. The molecule has 0 spiro atoms. The summed E-state index contributed by atoms with van der Waals surface area (Å²) in [5, 5.41) is 7.87. The predicted octanol–water partition coefficient (Wildman–Crippen LogP) is 5.40. The van der Waals surface area contributed by atoms with Crippen molar-refractivity contribution in [2.24, 2.45) is 0 Å². The van der Waals surface area contributed by atoms with Crippen molar-refractivity contribution in [2.75, 3.05) is 13.2 Å². The van der Waals surface area contributed by atoms with Gasteiger partial charge in [0.2, 0.25) is 0 Å². The van der Waals surface area contributed by atoms with Crippen molar-refractivity contribution in [3.63, 3.8) is 0 Å². The molecule has 3 heteroatoms. The summed E-state index contributed by atoms with van der Waals surface area (Å²) in [6, 6.07) is 24.3. The van der Waals surface area contributed by atoms with Gasteiger partial charge in [0.25, 0.3) is 0 Å². The number of allylic oxidation sites excluding steroid dienone is 1. The van der Waals surface area contributed by atoms with Gasteiger partial charge < -0.3 is 14.2 Å². The standard InChI is InChI=1S/C37H34O3/c1-24-7-8-26(19-25(24)2)22-40-30-12-9-27(10-13-30)29-20-35-33-14-11-28-5-3-4-6-31(28)32(33)15-16-34(35)36(21-29)37-23-38-17-18-39-37/h5-16,19-20,23,29H,3-4,17-18,21-22H2,1-2H3/t29-/m1/s1. The van der Waals surface area contributed by atoms with Crippen LogP contribution in [0.15, 0.2) is 78.8 Å². The molecule has 3 aliphatic rings. The number of hydrogen-bond donors (Lipinski definition) is 0. The van der Waals surface area contributed by atoms with Gasteiger partial charge in [-0.1, -0.05) is 72.8 Å². The number of fused-ring (bicyclic) bond motifs is 5. The lowest BCUT2D eigenvalue weighted by Crippen LogP contribution is -2.36. The molecule has 2 aliphatic carbocycles. The van der Waals surface area contributed by atoms with Crippen LogP contribution in [0.4, 0.5) is 0 Å². The zero-order valence-corrected chi connectivity index (χ0v) is 23.2. The van der Waals surface area contributed by atoms with Crippen LogP contribution < -0.4 is 25.6 Å². The van der Waals surface area contributed by atoms with Gasteiger partial charge in [0.15, 0.2) is 5.76 Å². The zero-order valence-electron chi connectivity index (χ0n) is 23.2. The Morgan fingerprint density at radius 1 is 0.800 bits per heavy atom. The first-order valence-electron chi connectivity index (χ1n) is 14.3. The zero-order chi connectivity index (χ0) is 27.1. The summed E-state index contributed by atoms with van der Waals surface area (Å²) in [6.45, 7) is 6.03. The van der Waals surface area contributed by atoms with Crippen LogP contribution in [-0.2, 0) is 16.1 Å². The summed E-state index contributed by atoms with van der Waals surface area (Å²) >= 11 is 0. The Hall–Kier alpha value is -4.24. The Balaban J connectivity index is 1.27. The maximum absolute atomic E-state index is 6.14. The maximum atomic E-state index is 6.14. The molecule has 0 saturated carbocycles. The Morgan fingerprint density at radius 2 is 1.62 bits per heavy atom. The molecule has 0 N–H and O–H groups in total. The van der Waals surface area contributed by atoms with E-state index in [1.165, 1.54) is 59.5 Å². The third kappa shape index (κ3) is 4.60. The van der Waals surface area contributed by atoms with Crippen molar-refractivity contribution in [2.45, 2.75) is 45.6 Å². The van der Waals surface area contributed by atoms with Gasteiger partial charge in [-0.2, -0.15) is 0 Å². The van der Waals surface area contributed by atoms with E-state index in [-0.39, 0.29) is 5.92 Å². The maximum Gasteiger partial charge on any atom is 0.157 e. The van der Waals surface area contributed by atoms with Crippen LogP contribution in [-0.4, -0.2) is 13.2 Å². The van der Waals surface area contributed by atoms with Crippen LogP contribution in [0.1, 0.15) is 47.4 Å². The van der Waals surface area contributed by atoms with E-state index in [0.29, 0.717) is 19.8 Å². The Bertz CT molecular complexity index is 1890. The number of hydrogen-bond acceptors (Lipinski definition) is 3. The molecule has 0 fully saturated rings. The fraction of sp³-hybridized carbons (Fsp3) is 0.243. The molecule has 4 aromatic carbocycles. The molecule has 0 unspecified atom stereocenters. The molecule has 0 aromatic heterocycles. The van der Waals surface area contributed by atoms with Crippen LogP contribution in [0.25, 0.3) is 34.6 Å². The molecule has 3 nitrogen and oxygen atoms in total. The molecule has 1 atom stereocenters.